The van der Waals surface area contributed by atoms with Crippen LogP contribution in [0.2, 0.25) is 5.02 Å². The van der Waals surface area contributed by atoms with Crippen molar-refractivity contribution in [3.05, 3.63) is 70.5 Å². The van der Waals surface area contributed by atoms with Crippen molar-refractivity contribution in [1.82, 2.24) is 10.6 Å². The summed E-state index contributed by atoms with van der Waals surface area (Å²) in [4.78, 5) is 12.1. The lowest BCUT2D eigenvalue weighted by Gasteiger charge is -2.22. The van der Waals surface area contributed by atoms with Crippen molar-refractivity contribution >= 4 is 17.7 Å². The lowest BCUT2D eigenvalue weighted by Crippen LogP contribution is -2.41. The summed E-state index contributed by atoms with van der Waals surface area (Å²) in [7, 11) is 0. The van der Waals surface area contributed by atoms with E-state index in [4.69, 9.17) is 16.3 Å². The average Bonchev–Trinajstić information content (AvgIpc) is 2.95. The molecule has 2 aromatic carbocycles. The molecule has 138 valence electrons. The molecule has 0 aromatic heterocycles. The topological polar surface area (TPSA) is 70.6 Å². The number of aliphatic hydroxyl groups excluding tert-OH is 1. The van der Waals surface area contributed by atoms with Crippen LogP contribution < -0.4 is 10.6 Å². The maximum absolute atomic E-state index is 13.2. The zero-order valence-electron chi connectivity index (χ0n) is 14.0. The van der Waals surface area contributed by atoms with Gasteiger partial charge in [0.1, 0.15) is 18.0 Å². The first-order valence-electron chi connectivity index (χ1n) is 8.36. The van der Waals surface area contributed by atoms with Gasteiger partial charge in [-0.05, 0) is 41.8 Å². The van der Waals surface area contributed by atoms with Crippen LogP contribution in [-0.4, -0.2) is 36.0 Å². The number of amides is 1. The van der Waals surface area contributed by atoms with Gasteiger partial charge in [0.05, 0.1) is 6.04 Å². The van der Waals surface area contributed by atoms with Crippen molar-refractivity contribution in [2.24, 2.45) is 0 Å². The molecule has 3 atom stereocenters. The second kappa shape index (κ2) is 8.49. The molecule has 1 aliphatic rings. The van der Waals surface area contributed by atoms with E-state index >= 15 is 0 Å². The van der Waals surface area contributed by atoms with Crippen molar-refractivity contribution in [2.45, 2.75) is 31.2 Å². The molecule has 5 nitrogen and oxygen atoms in total. The Kier molecular flexibility index (Phi) is 6.08. The molecule has 0 saturated carbocycles. The zero-order chi connectivity index (χ0) is 18.5. The first-order valence-corrected chi connectivity index (χ1v) is 8.74. The quantitative estimate of drug-likeness (QED) is 0.748. The van der Waals surface area contributed by atoms with Crippen molar-refractivity contribution in [3.63, 3.8) is 0 Å². The van der Waals surface area contributed by atoms with Crippen LogP contribution >= 0.6 is 11.6 Å². The third-order valence-corrected chi connectivity index (χ3v) is 4.55. The predicted molar refractivity (Wildman–Crippen MR) is 96.5 cm³/mol. The summed E-state index contributed by atoms with van der Waals surface area (Å²) in [5.74, 6) is -0.365. The largest absolute Gasteiger partial charge is 0.442 e. The summed E-state index contributed by atoms with van der Waals surface area (Å²) < 4.78 is 18.6. The van der Waals surface area contributed by atoms with Gasteiger partial charge in [-0.15, -0.1) is 0 Å². The highest BCUT2D eigenvalue weighted by Crippen LogP contribution is 2.19. The highest BCUT2D eigenvalue weighted by molar-refractivity contribution is 6.30. The zero-order valence-corrected chi connectivity index (χ0v) is 14.7. The van der Waals surface area contributed by atoms with Crippen LogP contribution in [0, 0.1) is 5.82 Å². The number of hydrogen-bond acceptors (Lipinski definition) is 4. The van der Waals surface area contributed by atoms with Crippen LogP contribution in [0.15, 0.2) is 48.5 Å². The lowest BCUT2D eigenvalue weighted by molar-refractivity contribution is 0.0188. The van der Waals surface area contributed by atoms with Crippen LogP contribution in [-0.2, 0) is 17.7 Å². The number of nitrogens with one attached hydrogen (secondary N) is 2. The Bertz CT molecular complexity index is 757. The second-order valence-electron chi connectivity index (χ2n) is 6.27. The third kappa shape index (κ3) is 4.94. The first kappa shape index (κ1) is 18.6. The number of halogens is 2. The summed E-state index contributed by atoms with van der Waals surface area (Å²) in [6.07, 6.45) is -1.51. The van der Waals surface area contributed by atoms with Crippen molar-refractivity contribution in [1.29, 1.82) is 0 Å². The SMILES string of the molecule is O=C(NCc1cccc(F)c1)O[C@@H]1C(O)CN[C@@H]1Cc1ccc(Cl)cc1. The summed E-state index contributed by atoms with van der Waals surface area (Å²) in [5.41, 5.74) is 1.65. The van der Waals surface area contributed by atoms with Gasteiger partial charge in [-0.2, -0.15) is 0 Å². The van der Waals surface area contributed by atoms with Crippen LogP contribution in [0.25, 0.3) is 0 Å². The molecule has 3 rings (SSSR count). The summed E-state index contributed by atoms with van der Waals surface area (Å²) in [6, 6.07) is 13.1. The number of carbonyl (C=O) groups excluding carboxylic acids is 1. The number of alkyl carbamates (subject to hydrolysis) is 1. The molecule has 1 fully saturated rings. The summed E-state index contributed by atoms with van der Waals surface area (Å²) in [5, 5.41) is 16.5. The number of aliphatic hydroxyl groups is 1. The number of carbonyl (C=O) groups is 1. The highest BCUT2D eigenvalue weighted by atomic mass is 35.5. The third-order valence-electron chi connectivity index (χ3n) is 4.30. The fraction of sp³-hybridized carbons (Fsp3) is 0.316. The van der Waals surface area contributed by atoms with E-state index in [9.17, 15) is 14.3 Å². The van der Waals surface area contributed by atoms with Crippen LogP contribution in [0.4, 0.5) is 9.18 Å². The van der Waals surface area contributed by atoms with Gasteiger partial charge in [-0.25, -0.2) is 9.18 Å². The average molecular weight is 379 g/mol. The van der Waals surface area contributed by atoms with E-state index in [-0.39, 0.29) is 18.4 Å². The van der Waals surface area contributed by atoms with Gasteiger partial charge in [0.2, 0.25) is 0 Å². The number of ether oxygens (including phenoxy) is 1. The van der Waals surface area contributed by atoms with E-state index < -0.39 is 18.3 Å². The van der Waals surface area contributed by atoms with Gasteiger partial charge >= 0.3 is 6.09 Å². The normalized spacial score (nSPS) is 22.2. The molecular weight excluding hydrogens is 359 g/mol. The molecule has 0 aliphatic carbocycles. The van der Waals surface area contributed by atoms with E-state index in [1.807, 2.05) is 12.1 Å². The molecule has 1 heterocycles. The predicted octanol–water partition coefficient (Wildman–Crippen LogP) is 2.65. The Morgan fingerprint density at radius 2 is 2.04 bits per heavy atom. The lowest BCUT2D eigenvalue weighted by atomic mass is 10.0. The molecule has 1 saturated heterocycles. The number of rotatable bonds is 5. The second-order valence-corrected chi connectivity index (χ2v) is 6.70. The van der Waals surface area contributed by atoms with E-state index in [0.717, 1.165) is 5.56 Å². The summed E-state index contributed by atoms with van der Waals surface area (Å²) in [6.45, 7) is 0.495. The maximum atomic E-state index is 13.2. The van der Waals surface area contributed by atoms with Gasteiger partial charge in [0.15, 0.2) is 0 Å². The Balaban J connectivity index is 1.55. The van der Waals surface area contributed by atoms with Gasteiger partial charge in [0, 0.05) is 18.1 Å². The van der Waals surface area contributed by atoms with Crippen LogP contribution in [0.3, 0.4) is 0 Å². The van der Waals surface area contributed by atoms with E-state index in [2.05, 4.69) is 10.6 Å². The minimum atomic E-state index is -0.785. The van der Waals surface area contributed by atoms with Crippen LogP contribution in [0.1, 0.15) is 11.1 Å². The maximum Gasteiger partial charge on any atom is 0.407 e. The Morgan fingerprint density at radius 1 is 1.27 bits per heavy atom. The number of benzene rings is 2. The smallest absolute Gasteiger partial charge is 0.407 e. The van der Waals surface area contributed by atoms with Gasteiger partial charge in [-0.3, -0.25) is 0 Å². The highest BCUT2D eigenvalue weighted by Gasteiger charge is 2.37. The minimum absolute atomic E-state index is 0.148. The fourth-order valence-corrected chi connectivity index (χ4v) is 3.11. The molecule has 1 aliphatic heterocycles. The molecule has 1 unspecified atom stereocenters. The standard InChI is InChI=1S/C19H20ClFN2O3/c20-14-6-4-12(5-7-14)9-16-18(17(24)11-22-16)26-19(25)23-10-13-2-1-3-15(21)8-13/h1-8,16-18,22,24H,9-11H2,(H,23,25)/t16-,17?,18+/m1/s1. The summed E-state index contributed by atoms with van der Waals surface area (Å²) >= 11 is 5.89. The molecule has 2 aromatic rings. The van der Waals surface area contributed by atoms with Crippen molar-refractivity contribution in [2.75, 3.05) is 6.54 Å². The number of β-amino-alcohol motifs (C(OH)–C–C–N with tert-alkyl or cyclic N) is 1. The molecule has 0 radical (unpaired) electrons. The van der Waals surface area contributed by atoms with Gasteiger partial charge in [0.25, 0.3) is 0 Å². The van der Waals surface area contributed by atoms with Crippen molar-refractivity contribution < 1.29 is 19.0 Å². The first-order chi connectivity index (χ1) is 12.5. The minimum Gasteiger partial charge on any atom is -0.442 e. The monoisotopic (exact) mass is 378 g/mol. The molecule has 1 amide bonds. The van der Waals surface area contributed by atoms with Crippen molar-refractivity contribution in [3.8, 4) is 0 Å². The Morgan fingerprint density at radius 3 is 2.77 bits per heavy atom. The Labute approximate surface area is 156 Å². The molecule has 7 heteroatoms. The van der Waals surface area contributed by atoms with Crippen LogP contribution in [0.5, 0.6) is 0 Å². The van der Waals surface area contributed by atoms with E-state index in [0.29, 0.717) is 23.6 Å². The molecule has 26 heavy (non-hydrogen) atoms. The molecular formula is C19H20ClFN2O3. The number of hydrogen-bond donors (Lipinski definition) is 3. The van der Waals surface area contributed by atoms with E-state index in [1.54, 1.807) is 24.3 Å². The Hall–Kier alpha value is -2.15. The fourth-order valence-electron chi connectivity index (χ4n) is 2.98. The molecule has 0 spiro atoms. The van der Waals surface area contributed by atoms with Gasteiger partial charge < -0.3 is 20.5 Å². The molecule has 0 bridgehead atoms. The van der Waals surface area contributed by atoms with E-state index in [1.165, 1.54) is 12.1 Å². The van der Waals surface area contributed by atoms with Gasteiger partial charge in [-0.1, -0.05) is 35.9 Å². The molecule has 3 N–H and O–H groups in total.